The highest BCUT2D eigenvalue weighted by Crippen LogP contribution is 2.36. The largest absolute Gasteiger partial charge is 0.375 e. The van der Waals surface area contributed by atoms with E-state index >= 15 is 0 Å². The number of aryl methyl sites for hydroxylation is 1. The van der Waals surface area contributed by atoms with Crippen LogP contribution in [0.3, 0.4) is 0 Å². The number of rotatable bonds is 7. The zero-order chi connectivity index (χ0) is 25.2. The molecule has 2 aromatic heterocycles. The number of aromatic nitrogens is 4. The zero-order valence-corrected chi connectivity index (χ0v) is 22.7. The van der Waals surface area contributed by atoms with E-state index in [2.05, 4.69) is 69.9 Å². The molecule has 3 aromatic rings. The van der Waals surface area contributed by atoms with Gasteiger partial charge in [0.1, 0.15) is 0 Å². The summed E-state index contributed by atoms with van der Waals surface area (Å²) in [5.41, 5.74) is 11.8. The molecule has 0 aliphatic carbocycles. The Balaban J connectivity index is 1.18. The van der Waals surface area contributed by atoms with Gasteiger partial charge in [0.15, 0.2) is 5.16 Å². The predicted molar refractivity (Wildman–Crippen MR) is 149 cm³/mol. The van der Waals surface area contributed by atoms with Gasteiger partial charge in [-0.2, -0.15) is 0 Å². The fourth-order valence-electron chi connectivity index (χ4n) is 5.63. The van der Waals surface area contributed by atoms with Crippen molar-refractivity contribution in [2.45, 2.75) is 69.4 Å². The number of hydrogen-bond donors (Lipinski definition) is 1. The van der Waals surface area contributed by atoms with Crippen LogP contribution in [0.15, 0.2) is 48.0 Å². The number of likely N-dealkylation sites (tertiary alicyclic amines) is 2. The normalized spacial score (nSPS) is 18.4. The van der Waals surface area contributed by atoms with Crippen LogP contribution in [-0.2, 0) is 6.54 Å². The van der Waals surface area contributed by atoms with Gasteiger partial charge in [0, 0.05) is 60.5 Å². The maximum atomic E-state index is 5.62. The van der Waals surface area contributed by atoms with Crippen LogP contribution in [0.5, 0.6) is 0 Å². The van der Waals surface area contributed by atoms with Gasteiger partial charge in [-0.15, -0.1) is 0 Å². The molecule has 7 nitrogen and oxygen atoms in total. The van der Waals surface area contributed by atoms with E-state index in [-0.39, 0.29) is 0 Å². The van der Waals surface area contributed by atoms with Crippen molar-refractivity contribution in [3.8, 4) is 0 Å². The number of benzene rings is 1. The van der Waals surface area contributed by atoms with E-state index in [9.17, 15) is 0 Å². The third-order valence-corrected chi connectivity index (χ3v) is 8.55. The van der Waals surface area contributed by atoms with Crippen molar-refractivity contribution in [1.29, 1.82) is 0 Å². The molecule has 4 heterocycles. The number of nitrogens with zero attached hydrogens (tertiary/aromatic N) is 6. The Hall–Kier alpha value is -2.58. The van der Waals surface area contributed by atoms with Gasteiger partial charge < -0.3 is 15.2 Å². The highest BCUT2D eigenvalue weighted by atomic mass is 32.2. The van der Waals surface area contributed by atoms with Gasteiger partial charge >= 0.3 is 0 Å². The summed E-state index contributed by atoms with van der Waals surface area (Å²) in [5, 5.41) is 1.68. The maximum Gasteiger partial charge on any atom is 0.219 e. The Morgan fingerprint density at radius 2 is 1.78 bits per heavy atom. The summed E-state index contributed by atoms with van der Waals surface area (Å²) < 4.78 is 2.53. The van der Waals surface area contributed by atoms with Gasteiger partial charge in [-0.1, -0.05) is 38.3 Å². The quantitative estimate of drug-likeness (QED) is 0.438. The summed E-state index contributed by atoms with van der Waals surface area (Å²) >= 11 is 1.88. The fraction of sp³-hybridized carbons (Fsp3) is 0.536. The summed E-state index contributed by atoms with van der Waals surface area (Å²) in [6.45, 7) is 16.4. The third kappa shape index (κ3) is 5.54. The van der Waals surface area contributed by atoms with E-state index in [1.165, 1.54) is 21.9 Å². The number of nitrogen functional groups attached to an aromatic ring is 1. The summed E-state index contributed by atoms with van der Waals surface area (Å²) in [6, 6.07) is 7.19. The molecule has 0 bridgehead atoms. The van der Waals surface area contributed by atoms with Crippen LogP contribution < -0.4 is 5.73 Å². The van der Waals surface area contributed by atoms with Gasteiger partial charge in [-0.05, 0) is 63.4 Å². The lowest BCUT2D eigenvalue weighted by Crippen LogP contribution is -2.40. The molecular formula is C28H39N7S. The van der Waals surface area contributed by atoms with Crippen LogP contribution in [0, 0.1) is 12.8 Å². The molecule has 36 heavy (non-hydrogen) atoms. The summed E-state index contributed by atoms with van der Waals surface area (Å²) in [6.07, 6.45) is 8.28. The number of piperidine rings is 2. The van der Waals surface area contributed by atoms with Crippen LogP contribution in [0.25, 0.3) is 11.0 Å². The zero-order valence-electron chi connectivity index (χ0n) is 21.9. The molecule has 192 valence electrons. The number of hydrogen-bond acceptors (Lipinski definition) is 7. The molecule has 0 spiro atoms. The number of anilines is 1. The molecule has 2 fully saturated rings. The van der Waals surface area contributed by atoms with Crippen LogP contribution >= 0.6 is 11.8 Å². The molecule has 0 atom stereocenters. The summed E-state index contributed by atoms with van der Waals surface area (Å²) in [7, 11) is 0. The highest BCUT2D eigenvalue weighted by Gasteiger charge is 2.29. The van der Waals surface area contributed by atoms with Crippen LogP contribution in [0.4, 0.5) is 5.95 Å². The molecule has 1 aromatic carbocycles. The summed E-state index contributed by atoms with van der Waals surface area (Å²) in [4.78, 5) is 18.3. The van der Waals surface area contributed by atoms with Crippen molar-refractivity contribution < 1.29 is 0 Å². The number of fused-ring (bicyclic) bond motifs is 1. The van der Waals surface area contributed by atoms with Crippen molar-refractivity contribution in [2.75, 3.05) is 31.9 Å². The molecule has 8 heteroatoms. The second kappa shape index (κ2) is 10.8. The minimum absolute atomic E-state index is 0.337. The molecule has 0 amide bonds. The molecule has 2 aliphatic heterocycles. The van der Waals surface area contributed by atoms with Gasteiger partial charge in [0.2, 0.25) is 5.95 Å². The van der Waals surface area contributed by atoms with Gasteiger partial charge in [0.25, 0.3) is 0 Å². The molecule has 0 saturated carbocycles. The fourth-order valence-corrected chi connectivity index (χ4v) is 6.57. The first kappa shape index (κ1) is 25.1. The SMILES string of the molecule is C=C(C1CCN(Cc2cnc(N)nc2)CC1)N1CCC(n2c(SC(C)C)nc3cc(C)ccc32)CC1. The third-order valence-electron chi connectivity index (χ3n) is 7.58. The van der Waals surface area contributed by atoms with E-state index in [0.29, 0.717) is 23.2 Å². The Labute approximate surface area is 219 Å². The smallest absolute Gasteiger partial charge is 0.219 e. The van der Waals surface area contributed by atoms with Gasteiger partial charge in [0.05, 0.1) is 11.0 Å². The number of allylic oxidation sites excluding steroid dienone is 1. The van der Waals surface area contributed by atoms with Gasteiger partial charge in [-0.25, -0.2) is 15.0 Å². The minimum Gasteiger partial charge on any atom is -0.375 e. The predicted octanol–water partition coefficient (Wildman–Crippen LogP) is 5.28. The van der Waals surface area contributed by atoms with Crippen LogP contribution in [-0.4, -0.2) is 60.7 Å². The molecule has 2 saturated heterocycles. The minimum atomic E-state index is 0.337. The summed E-state index contributed by atoms with van der Waals surface area (Å²) in [5.74, 6) is 0.910. The Kier molecular flexibility index (Phi) is 7.53. The second-order valence-electron chi connectivity index (χ2n) is 10.6. The van der Waals surface area contributed by atoms with Crippen molar-refractivity contribution >= 4 is 28.7 Å². The standard InChI is InChI=1S/C28H39N7S/c1-19(2)36-28-32-25-15-20(3)5-6-26(25)35(28)24-9-13-34(14-10-24)21(4)23-7-11-33(12-8-23)18-22-16-30-27(29)31-17-22/h5-6,15-17,19,23-24H,4,7-14,18H2,1-3H3,(H2,29,30,31). The van der Waals surface area contributed by atoms with E-state index in [0.717, 1.165) is 69.5 Å². The van der Waals surface area contributed by atoms with E-state index < -0.39 is 0 Å². The molecule has 2 aliphatic rings. The van der Waals surface area contributed by atoms with E-state index in [1.807, 2.05) is 24.2 Å². The molecular weight excluding hydrogens is 466 g/mol. The van der Waals surface area contributed by atoms with Gasteiger partial charge in [-0.3, -0.25) is 4.90 Å². The molecule has 5 rings (SSSR count). The Morgan fingerprint density at radius 3 is 2.44 bits per heavy atom. The highest BCUT2D eigenvalue weighted by molar-refractivity contribution is 7.99. The number of nitrogens with two attached hydrogens (primary N) is 1. The Bertz CT molecular complexity index is 1190. The molecule has 2 N–H and O–H groups in total. The first-order valence-corrected chi connectivity index (χ1v) is 14.1. The van der Waals surface area contributed by atoms with Crippen molar-refractivity contribution in [1.82, 2.24) is 29.3 Å². The lowest BCUT2D eigenvalue weighted by atomic mass is 9.91. The number of imidazole rings is 1. The average Bonchev–Trinajstić information content (AvgIpc) is 3.21. The Morgan fingerprint density at radius 1 is 1.08 bits per heavy atom. The monoisotopic (exact) mass is 505 g/mol. The van der Waals surface area contributed by atoms with Crippen molar-refractivity contribution in [3.63, 3.8) is 0 Å². The van der Waals surface area contributed by atoms with Crippen LogP contribution in [0.1, 0.15) is 56.7 Å². The maximum absolute atomic E-state index is 5.62. The van der Waals surface area contributed by atoms with Crippen LogP contribution in [0.2, 0.25) is 0 Å². The first-order valence-electron chi connectivity index (χ1n) is 13.2. The van der Waals surface area contributed by atoms with E-state index in [4.69, 9.17) is 10.7 Å². The molecule has 0 radical (unpaired) electrons. The molecule has 0 unspecified atom stereocenters. The van der Waals surface area contributed by atoms with Crippen molar-refractivity contribution in [2.24, 2.45) is 5.92 Å². The van der Waals surface area contributed by atoms with E-state index in [1.54, 1.807) is 0 Å². The first-order chi connectivity index (χ1) is 17.4. The lowest BCUT2D eigenvalue weighted by molar-refractivity contribution is 0.153. The number of thioether (sulfide) groups is 1. The average molecular weight is 506 g/mol. The topological polar surface area (TPSA) is 76.1 Å². The second-order valence-corrected chi connectivity index (χ2v) is 12.2. The van der Waals surface area contributed by atoms with Crippen molar-refractivity contribution in [3.05, 3.63) is 54.0 Å². The lowest BCUT2D eigenvalue weighted by Gasteiger charge is -2.41.